The van der Waals surface area contributed by atoms with Crippen LogP contribution in [-0.2, 0) is 11.2 Å². The van der Waals surface area contributed by atoms with E-state index in [1.807, 2.05) is 26.0 Å². The molecule has 0 saturated carbocycles. The van der Waals surface area contributed by atoms with Gasteiger partial charge < -0.3 is 5.11 Å². The Morgan fingerprint density at radius 2 is 1.67 bits per heavy atom. The quantitative estimate of drug-likeness (QED) is 0.831. The third-order valence-corrected chi connectivity index (χ3v) is 3.15. The Morgan fingerprint density at radius 3 is 2.11 bits per heavy atom. The summed E-state index contributed by atoms with van der Waals surface area (Å²) >= 11 is 0. The monoisotopic (exact) mass is 248 g/mol. The second kappa shape index (κ2) is 6.58. The van der Waals surface area contributed by atoms with Crippen LogP contribution in [0.4, 0.5) is 0 Å². The standard InChI is InChI=1S/C16H24O2/c1-11(2)9-14(16(18)12(3)4)10-13-5-7-15(17)8-6-13/h5-8,11-12,14,17H,9-10H2,1-4H3. The molecule has 1 aromatic rings. The van der Waals surface area contributed by atoms with E-state index in [9.17, 15) is 9.90 Å². The maximum atomic E-state index is 12.2. The Bertz CT molecular complexity index is 377. The number of Topliss-reactive ketones (excluding diaryl/α,β-unsaturated/α-hetero) is 1. The minimum Gasteiger partial charge on any atom is -0.508 e. The highest BCUT2D eigenvalue weighted by atomic mass is 16.3. The third-order valence-electron chi connectivity index (χ3n) is 3.15. The third kappa shape index (κ3) is 4.52. The van der Waals surface area contributed by atoms with Crippen molar-refractivity contribution in [2.45, 2.75) is 40.5 Å². The average Bonchev–Trinajstić information content (AvgIpc) is 2.29. The molecule has 0 spiro atoms. The summed E-state index contributed by atoms with van der Waals surface area (Å²) in [4.78, 5) is 12.2. The van der Waals surface area contributed by atoms with E-state index in [-0.39, 0.29) is 17.6 Å². The van der Waals surface area contributed by atoms with Gasteiger partial charge in [-0.05, 0) is 36.5 Å². The van der Waals surface area contributed by atoms with Crippen molar-refractivity contribution in [2.75, 3.05) is 0 Å². The molecule has 0 bridgehead atoms. The topological polar surface area (TPSA) is 37.3 Å². The van der Waals surface area contributed by atoms with Crippen LogP contribution in [0.2, 0.25) is 0 Å². The van der Waals surface area contributed by atoms with E-state index in [4.69, 9.17) is 0 Å². The molecule has 0 aliphatic carbocycles. The van der Waals surface area contributed by atoms with Crippen LogP contribution in [0.3, 0.4) is 0 Å². The van der Waals surface area contributed by atoms with Gasteiger partial charge in [0.2, 0.25) is 0 Å². The molecule has 18 heavy (non-hydrogen) atoms. The maximum Gasteiger partial charge on any atom is 0.138 e. The molecule has 0 heterocycles. The lowest BCUT2D eigenvalue weighted by Crippen LogP contribution is -2.23. The second-order valence-electron chi connectivity index (χ2n) is 5.75. The van der Waals surface area contributed by atoms with Crippen LogP contribution in [0.5, 0.6) is 5.75 Å². The van der Waals surface area contributed by atoms with E-state index in [0.717, 1.165) is 18.4 Å². The predicted octanol–water partition coefficient (Wildman–Crippen LogP) is 3.82. The SMILES string of the molecule is CC(C)CC(Cc1ccc(O)cc1)C(=O)C(C)C. The van der Waals surface area contributed by atoms with Crippen LogP contribution in [0.25, 0.3) is 0 Å². The van der Waals surface area contributed by atoms with Gasteiger partial charge in [-0.2, -0.15) is 0 Å². The van der Waals surface area contributed by atoms with Crippen molar-refractivity contribution in [2.24, 2.45) is 17.8 Å². The smallest absolute Gasteiger partial charge is 0.138 e. The molecule has 1 rings (SSSR count). The number of benzene rings is 1. The molecule has 2 heteroatoms. The molecule has 1 aromatic carbocycles. The first-order valence-corrected chi connectivity index (χ1v) is 6.71. The molecule has 1 N–H and O–H groups in total. The zero-order chi connectivity index (χ0) is 13.7. The van der Waals surface area contributed by atoms with Gasteiger partial charge in [-0.3, -0.25) is 4.79 Å². The minimum atomic E-state index is 0.0888. The van der Waals surface area contributed by atoms with Gasteiger partial charge in [0, 0.05) is 11.8 Å². The normalized spacial score (nSPS) is 13.0. The Balaban J connectivity index is 2.77. The van der Waals surface area contributed by atoms with E-state index >= 15 is 0 Å². The number of hydrogen-bond acceptors (Lipinski definition) is 2. The van der Waals surface area contributed by atoms with Crippen LogP contribution in [0.1, 0.15) is 39.7 Å². The van der Waals surface area contributed by atoms with Crippen LogP contribution >= 0.6 is 0 Å². The Hall–Kier alpha value is -1.31. The molecule has 0 aliphatic rings. The molecule has 2 nitrogen and oxygen atoms in total. The number of phenolic OH excluding ortho intramolecular Hbond substituents is 1. The summed E-state index contributed by atoms with van der Waals surface area (Å²) in [5.41, 5.74) is 1.12. The first-order chi connectivity index (χ1) is 8.40. The fraction of sp³-hybridized carbons (Fsp3) is 0.562. The molecule has 0 saturated heterocycles. The van der Waals surface area contributed by atoms with Crippen molar-refractivity contribution >= 4 is 5.78 Å². The maximum absolute atomic E-state index is 12.2. The molecule has 0 fully saturated rings. The summed E-state index contributed by atoms with van der Waals surface area (Å²) in [5, 5.41) is 9.27. The highest BCUT2D eigenvalue weighted by Gasteiger charge is 2.22. The summed E-state index contributed by atoms with van der Waals surface area (Å²) in [6, 6.07) is 7.16. The molecule has 0 amide bonds. The highest BCUT2D eigenvalue weighted by molar-refractivity contribution is 5.83. The first kappa shape index (κ1) is 14.7. The number of rotatable bonds is 6. The van der Waals surface area contributed by atoms with Gasteiger partial charge in [0.15, 0.2) is 0 Å². The van der Waals surface area contributed by atoms with Crippen molar-refractivity contribution in [1.82, 2.24) is 0 Å². The summed E-state index contributed by atoms with van der Waals surface area (Å²) in [6.07, 6.45) is 1.70. The number of phenols is 1. The first-order valence-electron chi connectivity index (χ1n) is 6.71. The zero-order valence-electron chi connectivity index (χ0n) is 11.8. The lowest BCUT2D eigenvalue weighted by atomic mass is 9.84. The molecule has 0 aromatic heterocycles. The average molecular weight is 248 g/mol. The summed E-state index contributed by atoms with van der Waals surface area (Å²) in [5.74, 6) is 1.32. The molecule has 100 valence electrons. The van der Waals surface area contributed by atoms with Gasteiger partial charge in [-0.25, -0.2) is 0 Å². The van der Waals surface area contributed by atoms with Crippen molar-refractivity contribution < 1.29 is 9.90 Å². The molecular weight excluding hydrogens is 224 g/mol. The zero-order valence-corrected chi connectivity index (χ0v) is 11.8. The van der Waals surface area contributed by atoms with Crippen molar-refractivity contribution in [3.8, 4) is 5.75 Å². The Morgan fingerprint density at radius 1 is 1.11 bits per heavy atom. The molecule has 1 unspecified atom stereocenters. The van der Waals surface area contributed by atoms with Crippen LogP contribution in [-0.4, -0.2) is 10.9 Å². The lowest BCUT2D eigenvalue weighted by Gasteiger charge is -2.20. The van der Waals surface area contributed by atoms with Crippen LogP contribution in [0, 0.1) is 17.8 Å². The van der Waals surface area contributed by atoms with Gasteiger partial charge in [0.1, 0.15) is 11.5 Å². The largest absolute Gasteiger partial charge is 0.508 e. The van der Waals surface area contributed by atoms with Gasteiger partial charge in [0.25, 0.3) is 0 Å². The summed E-state index contributed by atoms with van der Waals surface area (Å²) < 4.78 is 0. The van der Waals surface area contributed by atoms with E-state index in [1.165, 1.54) is 0 Å². The van der Waals surface area contributed by atoms with Crippen LogP contribution in [0.15, 0.2) is 24.3 Å². The van der Waals surface area contributed by atoms with E-state index < -0.39 is 0 Å². The fourth-order valence-electron chi connectivity index (χ4n) is 2.26. The van der Waals surface area contributed by atoms with E-state index in [2.05, 4.69) is 13.8 Å². The minimum absolute atomic E-state index is 0.0888. The summed E-state index contributed by atoms with van der Waals surface area (Å²) in [7, 11) is 0. The lowest BCUT2D eigenvalue weighted by molar-refractivity contribution is -0.126. The van der Waals surface area contributed by atoms with E-state index in [1.54, 1.807) is 12.1 Å². The molecule has 0 radical (unpaired) electrons. The number of carbonyl (C=O) groups excluding carboxylic acids is 1. The number of hydrogen-bond donors (Lipinski definition) is 1. The highest BCUT2D eigenvalue weighted by Crippen LogP contribution is 2.22. The Kier molecular flexibility index (Phi) is 5.39. The number of carbonyl (C=O) groups is 1. The number of ketones is 1. The van der Waals surface area contributed by atoms with Gasteiger partial charge in [-0.15, -0.1) is 0 Å². The fourth-order valence-corrected chi connectivity index (χ4v) is 2.26. The summed E-state index contributed by atoms with van der Waals surface area (Å²) in [6.45, 7) is 8.23. The molecular formula is C16H24O2. The molecule has 0 aliphatic heterocycles. The van der Waals surface area contributed by atoms with Gasteiger partial charge in [-0.1, -0.05) is 39.8 Å². The molecule has 1 atom stereocenters. The second-order valence-corrected chi connectivity index (χ2v) is 5.75. The number of aromatic hydroxyl groups is 1. The van der Waals surface area contributed by atoms with Gasteiger partial charge >= 0.3 is 0 Å². The van der Waals surface area contributed by atoms with Crippen molar-refractivity contribution in [3.05, 3.63) is 29.8 Å². The van der Waals surface area contributed by atoms with E-state index in [0.29, 0.717) is 11.7 Å². The van der Waals surface area contributed by atoms with Crippen LogP contribution < -0.4 is 0 Å². The van der Waals surface area contributed by atoms with Gasteiger partial charge in [0.05, 0.1) is 0 Å². The Labute approximate surface area is 110 Å². The van der Waals surface area contributed by atoms with Crippen molar-refractivity contribution in [1.29, 1.82) is 0 Å². The predicted molar refractivity (Wildman–Crippen MR) is 74.6 cm³/mol. The van der Waals surface area contributed by atoms with Crippen molar-refractivity contribution in [3.63, 3.8) is 0 Å².